The van der Waals surface area contributed by atoms with Gasteiger partial charge in [0.1, 0.15) is 11.6 Å². The second kappa shape index (κ2) is 8.82. The van der Waals surface area contributed by atoms with Crippen LogP contribution in [0, 0.1) is 18.6 Å². The summed E-state index contributed by atoms with van der Waals surface area (Å²) in [6.45, 7) is 4.51. The van der Waals surface area contributed by atoms with Gasteiger partial charge in [-0.1, -0.05) is 41.1 Å². The molecular formula is C21H23F2N3O2. The highest BCUT2D eigenvalue weighted by Crippen LogP contribution is 2.20. The minimum Gasteiger partial charge on any atom is -0.390 e. The van der Waals surface area contributed by atoms with Crippen LogP contribution in [0.25, 0.3) is 0 Å². The van der Waals surface area contributed by atoms with Gasteiger partial charge < -0.3 is 15.1 Å². The predicted octanol–water partition coefficient (Wildman–Crippen LogP) is 4.00. The number of carbonyl (C=O) groups excluding carboxylic acids is 1. The van der Waals surface area contributed by atoms with Crippen molar-refractivity contribution in [1.82, 2.24) is 10.2 Å². The van der Waals surface area contributed by atoms with E-state index in [0.717, 1.165) is 22.9 Å². The third-order valence-electron chi connectivity index (χ3n) is 4.53. The van der Waals surface area contributed by atoms with Crippen LogP contribution in [0.1, 0.15) is 30.0 Å². The van der Waals surface area contributed by atoms with Gasteiger partial charge in [0.2, 0.25) is 0 Å². The topological polar surface area (TPSA) is 53.9 Å². The molecule has 1 heterocycles. The standard InChI is InChI=1S/C21H23F2N3O2/c1-3-24-21(27)26(12-16-8-9-17(22)10-19(16)23)13-18-11-20(25-28-18)15-6-4-14(2)5-7-15/h4-10,18H,3,11-13H2,1-2H3,(H,24,27)/t18-/m1/s1. The fourth-order valence-corrected chi connectivity index (χ4v) is 3.03. The van der Waals surface area contributed by atoms with Crippen molar-refractivity contribution in [2.24, 2.45) is 5.16 Å². The van der Waals surface area contributed by atoms with Gasteiger partial charge in [-0.05, 0) is 25.5 Å². The molecule has 148 valence electrons. The number of nitrogens with zero attached hydrogens (tertiary/aromatic N) is 2. The molecule has 0 fully saturated rings. The lowest BCUT2D eigenvalue weighted by atomic mass is 10.0. The largest absolute Gasteiger partial charge is 0.390 e. The van der Waals surface area contributed by atoms with Gasteiger partial charge in [-0.3, -0.25) is 0 Å². The Bertz CT molecular complexity index is 868. The minimum absolute atomic E-state index is 0.0116. The highest BCUT2D eigenvalue weighted by Gasteiger charge is 2.27. The van der Waals surface area contributed by atoms with E-state index in [2.05, 4.69) is 10.5 Å². The molecule has 0 spiro atoms. The maximum absolute atomic E-state index is 14.0. The summed E-state index contributed by atoms with van der Waals surface area (Å²) in [5.74, 6) is -1.33. The van der Waals surface area contributed by atoms with Gasteiger partial charge in [0, 0.05) is 24.6 Å². The summed E-state index contributed by atoms with van der Waals surface area (Å²) >= 11 is 0. The highest BCUT2D eigenvalue weighted by molar-refractivity contribution is 6.01. The molecule has 0 unspecified atom stereocenters. The van der Waals surface area contributed by atoms with E-state index in [4.69, 9.17) is 4.84 Å². The van der Waals surface area contributed by atoms with E-state index >= 15 is 0 Å². The number of amides is 2. The first-order chi connectivity index (χ1) is 13.5. The number of urea groups is 1. The first-order valence-electron chi connectivity index (χ1n) is 9.22. The Morgan fingerprint density at radius 3 is 2.68 bits per heavy atom. The molecule has 2 amide bonds. The van der Waals surface area contributed by atoms with Crippen molar-refractivity contribution in [2.45, 2.75) is 32.9 Å². The number of hydrogen-bond acceptors (Lipinski definition) is 3. The summed E-state index contributed by atoms with van der Waals surface area (Å²) in [5.41, 5.74) is 3.19. The molecule has 1 aliphatic rings. The van der Waals surface area contributed by atoms with Crippen molar-refractivity contribution in [3.05, 3.63) is 70.8 Å². The van der Waals surface area contributed by atoms with Gasteiger partial charge in [0.25, 0.3) is 0 Å². The van der Waals surface area contributed by atoms with E-state index in [-0.39, 0.29) is 30.8 Å². The number of carbonyl (C=O) groups is 1. The molecule has 1 aliphatic heterocycles. The molecule has 1 atom stereocenters. The molecule has 1 N–H and O–H groups in total. The van der Waals surface area contributed by atoms with Crippen molar-refractivity contribution in [2.75, 3.05) is 13.1 Å². The van der Waals surface area contributed by atoms with Gasteiger partial charge >= 0.3 is 6.03 Å². The van der Waals surface area contributed by atoms with Crippen LogP contribution in [0.5, 0.6) is 0 Å². The molecular weight excluding hydrogens is 364 g/mol. The third kappa shape index (κ3) is 4.85. The number of hydrogen-bond donors (Lipinski definition) is 1. The predicted molar refractivity (Wildman–Crippen MR) is 103 cm³/mol. The Kier molecular flexibility index (Phi) is 6.23. The first kappa shape index (κ1) is 19.8. The number of aryl methyl sites for hydroxylation is 1. The third-order valence-corrected chi connectivity index (χ3v) is 4.53. The molecule has 2 aromatic carbocycles. The number of benzene rings is 2. The lowest BCUT2D eigenvalue weighted by Crippen LogP contribution is -2.43. The average Bonchev–Trinajstić information content (AvgIpc) is 3.12. The van der Waals surface area contributed by atoms with Gasteiger partial charge in [-0.25, -0.2) is 13.6 Å². The summed E-state index contributed by atoms with van der Waals surface area (Å²) < 4.78 is 27.2. The minimum atomic E-state index is -0.682. The van der Waals surface area contributed by atoms with Crippen LogP contribution in [-0.4, -0.2) is 35.8 Å². The molecule has 3 rings (SSSR count). The zero-order valence-electron chi connectivity index (χ0n) is 15.9. The molecule has 5 nitrogen and oxygen atoms in total. The Morgan fingerprint density at radius 2 is 2.00 bits per heavy atom. The second-order valence-corrected chi connectivity index (χ2v) is 6.79. The quantitative estimate of drug-likeness (QED) is 0.815. The maximum Gasteiger partial charge on any atom is 0.317 e. The molecule has 7 heteroatoms. The van der Waals surface area contributed by atoms with Crippen LogP contribution < -0.4 is 5.32 Å². The van der Waals surface area contributed by atoms with Crippen molar-refractivity contribution in [3.63, 3.8) is 0 Å². The van der Waals surface area contributed by atoms with Crippen LogP contribution in [0.2, 0.25) is 0 Å². The van der Waals surface area contributed by atoms with Crippen molar-refractivity contribution < 1.29 is 18.4 Å². The van der Waals surface area contributed by atoms with Crippen molar-refractivity contribution >= 4 is 11.7 Å². The SMILES string of the molecule is CCNC(=O)N(Cc1ccc(F)cc1F)C[C@H]1CC(c2ccc(C)cc2)=NO1. The number of oxime groups is 1. The zero-order valence-corrected chi connectivity index (χ0v) is 15.9. The van der Waals surface area contributed by atoms with Gasteiger partial charge in [0.15, 0.2) is 6.10 Å². The Morgan fingerprint density at radius 1 is 1.25 bits per heavy atom. The number of halogens is 2. The van der Waals surface area contributed by atoms with Gasteiger partial charge in [-0.2, -0.15) is 0 Å². The molecule has 0 aromatic heterocycles. The van der Waals surface area contributed by atoms with Crippen LogP contribution in [-0.2, 0) is 11.4 Å². The van der Waals surface area contributed by atoms with Gasteiger partial charge in [-0.15, -0.1) is 0 Å². The van der Waals surface area contributed by atoms with Crippen molar-refractivity contribution in [3.8, 4) is 0 Å². The number of rotatable bonds is 6. The molecule has 2 aromatic rings. The normalized spacial score (nSPS) is 15.7. The van der Waals surface area contributed by atoms with E-state index in [1.54, 1.807) is 6.92 Å². The lowest BCUT2D eigenvalue weighted by Gasteiger charge is -2.25. The molecule has 0 saturated heterocycles. The van der Waals surface area contributed by atoms with E-state index in [1.165, 1.54) is 17.0 Å². The monoisotopic (exact) mass is 387 g/mol. The summed E-state index contributed by atoms with van der Waals surface area (Å²) in [6, 6.07) is 11.0. The van der Waals surface area contributed by atoms with Crippen LogP contribution >= 0.6 is 0 Å². The Labute approximate surface area is 163 Å². The van der Waals surface area contributed by atoms with E-state index in [9.17, 15) is 13.6 Å². The van der Waals surface area contributed by atoms with E-state index in [0.29, 0.717) is 13.0 Å². The summed E-state index contributed by atoms with van der Waals surface area (Å²) in [6.07, 6.45) is 0.215. The van der Waals surface area contributed by atoms with E-state index < -0.39 is 11.6 Å². The fourth-order valence-electron chi connectivity index (χ4n) is 3.03. The van der Waals surface area contributed by atoms with Gasteiger partial charge in [0.05, 0.1) is 18.8 Å². The van der Waals surface area contributed by atoms with Crippen LogP contribution in [0.3, 0.4) is 0 Å². The maximum atomic E-state index is 14.0. The second-order valence-electron chi connectivity index (χ2n) is 6.79. The smallest absolute Gasteiger partial charge is 0.317 e. The first-order valence-corrected chi connectivity index (χ1v) is 9.22. The Hall–Kier alpha value is -2.96. The molecule has 28 heavy (non-hydrogen) atoms. The fraction of sp³-hybridized carbons (Fsp3) is 0.333. The van der Waals surface area contributed by atoms with E-state index in [1.807, 2.05) is 31.2 Å². The van der Waals surface area contributed by atoms with Crippen molar-refractivity contribution in [1.29, 1.82) is 0 Å². The molecule has 0 aliphatic carbocycles. The number of nitrogens with one attached hydrogen (secondary N) is 1. The Balaban J connectivity index is 1.68. The molecule has 0 saturated carbocycles. The summed E-state index contributed by atoms with van der Waals surface area (Å²) in [4.78, 5) is 19.4. The van der Waals surface area contributed by atoms with Crippen LogP contribution in [0.15, 0.2) is 47.6 Å². The molecule has 0 bridgehead atoms. The summed E-state index contributed by atoms with van der Waals surface area (Å²) in [7, 11) is 0. The van der Waals surface area contributed by atoms with Crippen LogP contribution in [0.4, 0.5) is 13.6 Å². The average molecular weight is 387 g/mol. The molecule has 0 radical (unpaired) electrons. The highest BCUT2D eigenvalue weighted by atomic mass is 19.1. The summed E-state index contributed by atoms with van der Waals surface area (Å²) in [5, 5.41) is 6.86. The zero-order chi connectivity index (χ0) is 20.1. The lowest BCUT2D eigenvalue weighted by molar-refractivity contribution is 0.0588.